The zero-order chi connectivity index (χ0) is 28.0. The first-order chi connectivity index (χ1) is 18.7. The van der Waals surface area contributed by atoms with Gasteiger partial charge in [0.2, 0.25) is 10.0 Å². The van der Waals surface area contributed by atoms with Gasteiger partial charge in [0, 0.05) is 23.5 Å². The molecule has 0 saturated heterocycles. The molecule has 1 N–H and O–H groups in total. The number of nitrogens with one attached hydrogen (secondary N) is 1. The summed E-state index contributed by atoms with van der Waals surface area (Å²) in [5, 5.41) is 4.74. The molecule has 0 aliphatic carbocycles. The number of aromatic nitrogens is 1. The molecule has 0 aliphatic heterocycles. The smallest absolute Gasteiger partial charge is 0.255 e. The van der Waals surface area contributed by atoms with Crippen molar-refractivity contribution in [2.75, 3.05) is 13.1 Å². The molecule has 9 heteroatoms. The fraction of sp³-hybridized carbons (Fsp3) is 0.200. The molecule has 1 aromatic heterocycles. The highest BCUT2D eigenvalue weighted by Crippen LogP contribution is 2.25. The summed E-state index contributed by atoms with van der Waals surface area (Å²) in [5.74, 6) is -0.532. The van der Waals surface area contributed by atoms with Crippen LogP contribution in [0.3, 0.4) is 0 Å². The van der Waals surface area contributed by atoms with Crippen LogP contribution >= 0.6 is 11.6 Å². The normalized spacial score (nSPS) is 11.8. The van der Waals surface area contributed by atoms with Crippen molar-refractivity contribution in [3.05, 3.63) is 118 Å². The van der Waals surface area contributed by atoms with Gasteiger partial charge in [0.15, 0.2) is 0 Å². The van der Waals surface area contributed by atoms with E-state index in [1.165, 1.54) is 4.31 Å². The maximum atomic E-state index is 13.4. The van der Waals surface area contributed by atoms with Crippen LogP contribution in [-0.2, 0) is 21.2 Å². The molecule has 3 aromatic carbocycles. The molecule has 0 saturated carbocycles. The molecular formula is C30H31ClN4O3S. The number of rotatable bonds is 10. The highest BCUT2D eigenvalue weighted by Gasteiger charge is 2.26. The van der Waals surface area contributed by atoms with Crippen molar-refractivity contribution < 1.29 is 13.2 Å². The van der Waals surface area contributed by atoms with Gasteiger partial charge in [-0.05, 0) is 63.1 Å². The molecule has 0 spiro atoms. The van der Waals surface area contributed by atoms with Crippen LogP contribution in [0.25, 0.3) is 5.69 Å². The lowest BCUT2D eigenvalue weighted by Gasteiger charge is -2.21. The fourth-order valence-electron chi connectivity index (χ4n) is 4.33. The van der Waals surface area contributed by atoms with E-state index in [0.717, 1.165) is 33.8 Å². The number of sulfonamides is 1. The number of benzene rings is 3. The highest BCUT2D eigenvalue weighted by molar-refractivity contribution is 7.89. The number of hydrazone groups is 1. The second kappa shape index (κ2) is 12.4. The van der Waals surface area contributed by atoms with Crippen LogP contribution in [0.5, 0.6) is 0 Å². The van der Waals surface area contributed by atoms with Crippen LogP contribution in [0.1, 0.15) is 28.1 Å². The van der Waals surface area contributed by atoms with Crippen molar-refractivity contribution in [2.45, 2.75) is 32.1 Å². The third kappa shape index (κ3) is 6.84. The molecule has 7 nitrogen and oxygen atoms in total. The van der Waals surface area contributed by atoms with Gasteiger partial charge in [-0.15, -0.1) is 0 Å². The molecule has 39 heavy (non-hydrogen) atoms. The van der Waals surface area contributed by atoms with Gasteiger partial charge in [-0.25, -0.2) is 13.8 Å². The summed E-state index contributed by atoms with van der Waals surface area (Å²) in [5.41, 5.74) is 7.95. The number of hydrogen-bond donors (Lipinski definition) is 1. The number of nitrogens with zero attached hydrogens (tertiary/aromatic N) is 3. The number of aryl methyl sites for hydroxylation is 2. The van der Waals surface area contributed by atoms with E-state index in [-0.39, 0.29) is 18.0 Å². The average Bonchev–Trinajstić information content (AvgIpc) is 3.20. The Morgan fingerprint density at radius 1 is 0.974 bits per heavy atom. The van der Waals surface area contributed by atoms with E-state index < -0.39 is 15.9 Å². The second-order valence-corrected chi connectivity index (χ2v) is 11.6. The van der Waals surface area contributed by atoms with Crippen molar-refractivity contribution in [3.8, 4) is 5.69 Å². The Morgan fingerprint density at radius 2 is 1.64 bits per heavy atom. The number of carbonyl (C=O) groups excluding carboxylic acids is 1. The molecule has 0 bridgehead atoms. The van der Waals surface area contributed by atoms with E-state index in [2.05, 4.69) is 10.5 Å². The summed E-state index contributed by atoms with van der Waals surface area (Å²) in [6.45, 7) is 5.59. The van der Waals surface area contributed by atoms with Gasteiger partial charge in [0.25, 0.3) is 5.91 Å². The van der Waals surface area contributed by atoms with E-state index in [4.69, 9.17) is 11.6 Å². The average molecular weight is 563 g/mol. The Balaban J connectivity index is 1.49. The van der Waals surface area contributed by atoms with Crippen LogP contribution in [0, 0.1) is 20.8 Å². The topological polar surface area (TPSA) is 83.8 Å². The van der Waals surface area contributed by atoms with Crippen LogP contribution in [0.4, 0.5) is 0 Å². The van der Waals surface area contributed by atoms with Crippen LogP contribution in [0.2, 0.25) is 5.02 Å². The minimum absolute atomic E-state index is 0.143. The number of amides is 1. The van der Waals surface area contributed by atoms with Gasteiger partial charge in [-0.3, -0.25) is 4.79 Å². The third-order valence-corrected chi connectivity index (χ3v) is 8.61. The number of para-hydroxylation sites is 1. The molecule has 0 unspecified atom stereocenters. The molecule has 0 fully saturated rings. The second-order valence-electron chi connectivity index (χ2n) is 9.29. The zero-order valence-electron chi connectivity index (χ0n) is 22.1. The number of carbonyl (C=O) groups is 1. The quantitative estimate of drug-likeness (QED) is 0.206. The van der Waals surface area contributed by atoms with Crippen molar-refractivity contribution >= 4 is 33.7 Å². The third-order valence-electron chi connectivity index (χ3n) is 6.43. The van der Waals surface area contributed by atoms with Crippen molar-refractivity contribution in [2.24, 2.45) is 5.10 Å². The monoisotopic (exact) mass is 562 g/mol. The first-order valence-corrected chi connectivity index (χ1v) is 14.3. The van der Waals surface area contributed by atoms with Crippen molar-refractivity contribution in [1.82, 2.24) is 14.3 Å². The first kappa shape index (κ1) is 28.3. The molecule has 1 amide bonds. The summed E-state index contributed by atoms with van der Waals surface area (Å²) >= 11 is 6.39. The van der Waals surface area contributed by atoms with Crippen molar-refractivity contribution in [3.63, 3.8) is 0 Å². The van der Waals surface area contributed by atoms with Crippen LogP contribution in [-0.4, -0.2) is 42.5 Å². The Labute approximate surface area is 234 Å². The lowest BCUT2D eigenvalue weighted by molar-refractivity contribution is -0.121. The summed E-state index contributed by atoms with van der Waals surface area (Å²) in [7, 11) is -3.90. The fourth-order valence-corrected chi connectivity index (χ4v) is 5.95. The summed E-state index contributed by atoms with van der Waals surface area (Å²) in [6.07, 6.45) is 2.02. The zero-order valence-corrected chi connectivity index (χ0v) is 23.7. The highest BCUT2D eigenvalue weighted by atomic mass is 35.5. The maximum absolute atomic E-state index is 13.4. The van der Waals surface area contributed by atoms with E-state index in [0.29, 0.717) is 11.4 Å². The SMILES string of the molecule is Cc1ccc(S(=O)(=O)N(CCc2ccccc2)CC(=O)N/N=C/c2cc(C)n(-c3ccccc3Cl)c2C)cc1. The molecule has 4 rings (SSSR count). The molecule has 1 heterocycles. The van der Waals surface area contributed by atoms with Gasteiger partial charge in [-0.1, -0.05) is 71.8 Å². The molecule has 202 valence electrons. The molecular weight excluding hydrogens is 532 g/mol. The van der Waals surface area contributed by atoms with Gasteiger partial charge in [0.1, 0.15) is 0 Å². The van der Waals surface area contributed by atoms with Gasteiger partial charge in [-0.2, -0.15) is 9.41 Å². The standard InChI is InChI=1S/C30H31ClN4O3S/c1-22-13-15-27(16-14-22)39(37,38)34(18-17-25-9-5-4-6-10-25)21-30(36)33-32-20-26-19-23(2)35(24(26)3)29-12-8-7-11-28(29)31/h4-16,19-20H,17-18,21H2,1-3H3,(H,33,36)/b32-20+. The summed E-state index contributed by atoms with van der Waals surface area (Å²) in [6, 6.07) is 25.7. The molecule has 4 aromatic rings. The van der Waals surface area contributed by atoms with E-state index in [1.54, 1.807) is 30.5 Å². The Hall–Kier alpha value is -3.72. The van der Waals surface area contributed by atoms with E-state index in [1.807, 2.05) is 86.0 Å². The lowest BCUT2D eigenvalue weighted by atomic mass is 10.1. The minimum atomic E-state index is -3.90. The van der Waals surface area contributed by atoms with Gasteiger partial charge in [0.05, 0.1) is 28.4 Å². The number of hydrogen-bond acceptors (Lipinski definition) is 4. The molecule has 0 aliphatic rings. The Kier molecular flexibility index (Phi) is 9.01. The van der Waals surface area contributed by atoms with Gasteiger partial charge < -0.3 is 4.57 Å². The maximum Gasteiger partial charge on any atom is 0.255 e. The Morgan fingerprint density at radius 3 is 2.33 bits per heavy atom. The first-order valence-electron chi connectivity index (χ1n) is 12.5. The molecule has 0 radical (unpaired) electrons. The Bertz CT molecular complexity index is 1580. The van der Waals surface area contributed by atoms with E-state index in [9.17, 15) is 13.2 Å². The molecule has 0 atom stereocenters. The van der Waals surface area contributed by atoms with Crippen LogP contribution < -0.4 is 5.43 Å². The predicted octanol–water partition coefficient (Wildman–Crippen LogP) is 5.44. The minimum Gasteiger partial charge on any atom is -0.316 e. The number of halogens is 1. The van der Waals surface area contributed by atoms with Crippen molar-refractivity contribution in [1.29, 1.82) is 0 Å². The summed E-state index contributed by atoms with van der Waals surface area (Å²) < 4.78 is 30.1. The van der Waals surface area contributed by atoms with E-state index >= 15 is 0 Å². The lowest BCUT2D eigenvalue weighted by Crippen LogP contribution is -2.40. The van der Waals surface area contributed by atoms with Gasteiger partial charge >= 0.3 is 0 Å². The summed E-state index contributed by atoms with van der Waals surface area (Å²) in [4.78, 5) is 13.0. The van der Waals surface area contributed by atoms with Crippen LogP contribution in [0.15, 0.2) is 94.9 Å². The largest absolute Gasteiger partial charge is 0.316 e. The predicted molar refractivity (Wildman–Crippen MR) is 156 cm³/mol.